The Kier molecular flexibility index (Phi) is 6.64. The topological polar surface area (TPSA) is 77.6 Å². The monoisotopic (exact) mass is 399 g/mol. The van der Waals surface area contributed by atoms with Crippen molar-refractivity contribution in [2.75, 3.05) is 44.6 Å². The molecule has 0 aromatic carbocycles. The first-order chi connectivity index (χ1) is 14.2. The molecule has 2 saturated heterocycles. The van der Waals surface area contributed by atoms with Crippen LogP contribution in [0.15, 0.2) is 24.5 Å². The highest BCUT2D eigenvalue weighted by molar-refractivity contribution is 5.81. The van der Waals surface area contributed by atoms with Gasteiger partial charge in [-0.25, -0.2) is 0 Å². The van der Waals surface area contributed by atoms with Crippen molar-refractivity contribution in [1.82, 2.24) is 20.1 Å². The van der Waals surface area contributed by atoms with Gasteiger partial charge in [-0.05, 0) is 57.2 Å². The number of carbonyl (C=O) groups is 2. The SMILES string of the molecule is O=C(NCCNc1cccnc1)[C@@H]1CCCN(C2CCN(C(=O)C3CC3)CC2)C1. The second-order valence-electron chi connectivity index (χ2n) is 8.62. The molecule has 2 amide bonds. The lowest BCUT2D eigenvalue weighted by Crippen LogP contribution is -2.51. The highest BCUT2D eigenvalue weighted by atomic mass is 16.2. The summed E-state index contributed by atoms with van der Waals surface area (Å²) in [6.45, 7) is 5.00. The summed E-state index contributed by atoms with van der Waals surface area (Å²) in [7, 11) is 0. The molecule has 7 heteroatoms. The summed E-state index contributed by atoms with van der Waals surface area (Å²) in [5, 5.41) is 6.36. The lowest BCUT2D eigenvalue weighted by Gasteiger charge is -2.42. The molecule has 2 N–H and O–H groups in total. The van der Waals surface area contributed by atoms with Crippen LogP contribution in [0.2, 0.25) is 0 Å². The van der Waals surface area contributed by atoms with Gasteiger partial charge < -0.3 is 15.5 Å². The normalized spacial score (nSPS) is 23.6. The number of piperidine rings is 2. The van der Waals surface area contributed by atoms with Crippen molar-refractivity contribution in [1.29, 1.82) is 0 Å². The van der Waals surface area contributed by atoms with Crippen molar-refractivity contribution < 1.29 is 9.59 Å². The third-order valence-electron chi connectivity index (χ3n) is 6.46. The second-order valence-corrected chi connectivity index (χ2v) is 8.62. The van der Waals surface area contributed by atoms with Gasteiger partial charge in [-0.1, -0.05) is 0 Å². The Labute approximate surface area is 173 Å². The molecule has 7 nitrogen and oxygen atoms in total. The molecule has 0 spiro atoms. The molecular weight excluding hydrogens is 366 g/mol. The van der Waals surface area contributed by atoms with E-state index in [0.29, 0.717) is 31.0 Å². The van der Waals surface area contributed by atoms with Gasteiger partial charge in [0.15, 0.2) is 0 Å². The third kappa shape index (κ3) is 5.47. The molecule has 0 bridgehead atoms. The molecule has 0 unspecified atom stereocenters. The summed E-state index contributed by atoms with van der Waals surface area (Å²) in [5.74, 6) is 0.943. The fraction of sp³-hybridized carbons (Fsp3) is 0.682. The smallest absolute Gasteiger partial charge is 0.225 e. The lowest BCUT2D eigenvalue weighted by atomic mass is 9.93. The molecule has 3 aliphatic rings. The van der Waals surface area contributed by atoms with Crippen molar-refractivity contribution in [2.24, 2.45) is 11.8 Å². The van der Waals surface area contributed by atoms with E-state index in [9.17, 15) is 9.59 Å². The van der Waals surface area contributed by atoms with E-state index in [4.69, 9.17) is 0 Å². The minimum atomic E-state index is 0.0771. The zero-order valence-electron chi connectivity index (χ0n) is 17.2. The van der Waals surface area contributed by atoms with E-state index in [1.165, 1.54) is 0 Å². The van der Waals surface area contributed by atoms with E-state index in [-0.39, 0.29) is 11.8 Å². The van der Waals surface area contributed by atoms with E-state index in [1.54, 1.807) is 12.4 Å². The Morgan fingerprint density at radius 2 is 1.86 bits per heavy atom. The van der Waals surface area contributed by atoms with Crippen molar-refractivity contribution in [3.8, 4) is 0 Å². The number of carbonyl (C=O) groups excluding carboxylic acids is 2. The highest BCUT2D eigenvalue weighted by Gasteiger charge is 2.37. The molecule has 3 heterocycles. The maximum absolute atomic E-state index is 12.6. The number of hydrogen-bond acceptors (Lipinski definition) is 5. The van der Waals surface area contributed by atoms with E-state index in [2.05, 4.69) is 25.4 Å². The Morgan fingerprint density at radius 1 is 1.03 bits per heavy atom. The van der Waals surface area contributed by atoms with Gasteiger partial charge in [-0.2, -0.15) is 0 Å². The molecule has 1 saturated carbocycles. The first-order valence-corrected chi connectivity index (χ1v) is 11.1. The average Bonchev–Trinajstić information content (AvgIpc) is 3.62. The molecule has 0 radical (unpaired) electrons. The Bertz CT molecular complexity index is 686. The summed E-state index contributed by atoms with van der Waals surface area (Å²) in [6.07, 6.45) is 9.83. The number of amides is 2. The number of rotatable bonds is 7. The van der Waals surface area contributed by atoms with Crippen LogP contribution < -0.4 is 10.6 Å². The molecule has 1 aliphatic carbocycles. The molecule has 1 aromatic heterocycles. The van der Waals surface area contributed by atoms with Crippen molar-refractivity contribution in [3.05, 3.63) is 24.5 Å². The number of nitrogens with zero attached hydrogens (tertiary/aromatic N) is 3. The zero-order valence-corrected chi connectivity index (χ0v) is 17.2. The first-order valence-electron chi connectivity index (χ1n) is 11.1. The average molecular weight is 400 g/mol. The summed E-state index contributed by atoms with van der Waals surface area (Å²) >= 11 is 0. The van der Waals surface area contributed by atoms with Gasteiger partial charge in [0.2, 0.25) is 11.8 Å². The fourth-order valence-corrected chi connectivity index (χ4v) is 4.60. The minimum absolute atomic E-state index is 0.0771. The maximum atomic E-state index is 12.6. The van der Waals surface area contributed by atoms with Crippen LogP contribution in [0, 0.1) is 11.8 Å². The van der Waals surface area contributed by atoms with Crippen LogP contribution >= 0.6 is 0 Å². The number of pyridine rings is 1. The molecule has 1 aromatic rings. The summed E-state index contributed by atoms with van der Waals surface area (Å²) in [5.41, 5.74) is 0.970. The number of nitrogens with one attached hydrogen (secondary N) is 2. The van der Waals surface area contributed by atoms with Crippen LogP contribution in [0.25, 0.3) is 0 Å². The largest absolute Gasteiger partial charge is 0.382 e. The van der Waals surface area contributed by atoms with Gasteiger partial charge in [0, 0.05) is 57.1 Å². The van der Waals surface area contributed by atoms with Gasteiger partial charge in [-0.15, -0.1) is 0 Å². The van der Waals surface area contributed by atoms with Crippen LogP contribution in [0.5, 0.6) is 0 Å². The molecular formula is C22H33N5O2. The van der Waals surface area contributed by atoms with Crippen molar-refractivity contribution in [2.45, 2.75) is 44.6 Å². The lowest BCUT2D eigenvalue weighted by molar-refractivity contribution is -0.134. The van der Waals surface area contributed by atoms with Crippen LogP contribution in [0.3, 0.4) is 0 Å². The Hall–Kier alpha value is -2.15. The van der Waals surface area contributed by atoms with E-state index in [0.717, 1.165) is 70.4 Å². The molecule has 29 heavy (non-hydrogen) atoms. The highest BCUT2D eigenvalue weighted by Crippen LogP contribution is 2.32. The van der Waals surface area contributed by atoms with Gasteiger partial charge in [0.05, 0.1) is 11.6 Å². The summed E-state index contributed by atoms with van der Waals surface area (Å²) in [6, 6.07) is 4.38. The van der Waals surface area contributed by atoms with Crippen LogP contribution in [-0.4, -0.2) is 71.9 Å². The molecule has 3 fully saturated rings. The fourth-order valence-electron chi connectivity index (χ4n) is 4.60. The van der Waals surface area contributed by atoms with Crippen LogP contribution in [-0.2, 0) is 9.59 Å². The van der Waals surface area contributed by atoms with E-state index in [1.807, 2.05) is 12.1 Å². The Morgan fingerprint density at radius 3 is 2.59 bits per heavy atom. The summed E-state index contributed by atoms with van der Waals surface area (Å²) in [4.78, 5) is 33.5. The number of hydrogen-bond donors (Lipinski definition) is 2. The quantitative estimate of drug-likeness (QED) is 0.683. The molecule has 1 atom stereocenters. The molecule has 158 valence electrons. The zero-order chi connectivity index (χ0) is 20.1. The van der Waals surface area contributed by atoms with Gasteiger partial charge in [0.1, 0.15) is 0 Å². The molecule has 2 aliphatic heterocycles. The standard InChI is InChI=1S/C22H33N5O2/c28-21(25-11-10-24-19-4-1-9-23-15-19)18-3-2-12-27(16-18)20-7-13-26(14-8-20)22(29)17-5-6-17/h1,4,9,15,17-18,20,24H,2-3,5-8,10-14,16H2,(H,25,28)/t18-/m1/s1. The minimum Gasteiger partial charge on any atom is -0.382 e. The van der Waals surface area contributed by atoms with Gasteiger partial charge in [-0.3, -0.25) is 19.5 Å². The van der Waals surface area contributed by atoms with E-state index >= 15 is 0 Å². The number of likely N-dealkylation sites (tertiary alicyclic amines) is 2. The van der Waals surface area contributed by atoms with Crippen molar-refractivity contribution >= 4 is 17.5 Å². The molecule has 4 rings (SSSR count). The Balaban J connectivity index is 1.17. The second kappa shape index (κ2) is 9.57. The summed E-state index contributed by atoms with van der Waals surface area (Å²) < 4.78 is 0. The maximum Gasteiger partial charge on any atom is 0.225 e. The third-order valence-corrected chi connectivity index (χ3v) is 6.46. The first kappa shape index (κ1) is 20.1. The number of anilines is 1. The van der Waals surface area contributed by atoms with E-state index < -0.39 is 0 Å². The van der Waals surface area contributed by atoms with Gasteiger partial charge in [0.25, 0.3) is 0 Å². The van der Waals surface area contributed by atoms with Gasteiger partial charge >= 0.3 is 0 Å². The van der Waals surface area contributed by atoms with Crippen molar-refractivity contribution in [3.63, 3.8) is 0 Å². The predicted molar refractivity (Wildman–Crippen MR) is 112 cm³/mol. The van der Waals surface area contributed by atoms with Crippen LogP contribution in [0.1, 0.15) is 38.5 Å². The van der Waals surface area contributed by atoms with Crippen LogP contribution in [0.4, 0.5) is 5.69 Å². The predicted octanol–water partition coefficient (Wildman–Crippen LogP) is 1.72. The number of aromatic nitrogens is 1.